The molecule has 2 rings (SSSR count). The molecule has 0 aliphatic heterocycles. The van der Waals surface area contributed by atoms with Crippen LogP contribution in [0.2, 0.25) is 0 Å². The van der Waals surface area contributed by atoms with Crippen molar-refractivity contribution >= 4 is 29.9 Å². The SMILES string of the molecule is CN=C(NCc1ccc(C)c(F)c1)NCC1CC1.I. The van der Waals surface area contributed by atoms with Crippen LogP contribution in [0.25, 0.3) is 0 Å². The highest BCUT2D eigenvalue weighted by Crippen LogP contribution is 2.27. The number of aryl methyl sites for hydroxylation is 1. The Morgan fingerprint density at radius 2 is 2.11 bits per heavy atom. The maximum atomic E-state index is 13.4. The van der Waals surface area contributed by atoms with Gasteiger partial charge in [0.2, 0.25) is 0 Å². The third-order valence-corrected chi connectivity index (χ3v) is 3.17. The molecule has 1 aliphatic rings. The van der Waals surface area contributed by atoms with E-state index in [0.717, 1.165) is 24.0 Å². The number of nitrogens with zero attached hydrogens (tertiary/aromatic N) is 1. The first-order valence-electron chi connectivity index (χ1n) is 6.38. The van der Waals surface area contributed by atoms with Crippen LogP contribution in [0, 0.1) is 18.7 Å². The number of aliphatic imine (C=N–C) groups is 1. The van der Waals surface area contributed by atoms with Crippen molar-refractivity contribution in [2.45, 2.75) is 26.3 Å². The minimum atomic E-state index is -0.157. The molecule has 1 fully saturated rings. The van der Waals surface area contributed by atoms with Gasteiger partial charge in [0.05, 0.1) is 0 Å². The van der Waals surface area contributed by atoms with Crippen molar-refractivity contribution in [3.63, 3.8) is 0 Å². The zero-order valence-corrected chi connectivity index (χ0v) is 13.7. The lowest BCUT2D eigenvalue weighted by Gasteiger charge is -2.11. The van der Waals surface area contributed by atoms with E-state index in [-0.39, 0.29) is 29.8 Å². The topological polar surface area (TPSA) is 36.4 Å². The summed E-state index contributed by atoms with van der Waals surface area (Å²) in [5.74, 6) is 1.43. The lowest BCUT2D eigenvalue weighted by molar-refractivity contribution is 0.615. The van der Waals surface area contributed by atoms with Crippen LogP contribution < -0.4 is 10.6 Å². The molecule has 106 valence electrons. The molecule has 0 aromatic heterocycles. The van der Waals surface area contributed by atoms with E-state index in [2.05, 4.69) is 15.6 Å². The molecule has 2 N–H and O–H groups in total. The predicted molar refractivity (Wildman–Crippen MR) is 87.5 cm³/mol. The van der Waals surface area contributed by atoms with Crippen LogP contribution in [0.5, 0.6) is 0 Å². The van der Waals surface area contributed by atoms with Gasteiger partial charge in [-0.05, 0) is 42.9 Å². The van der Waals surface area contributed by atoms with Crippen molar-refractivity contribution in [2.24, 2.45) is 10.9 Å². The van der Waals surface area contributed by atoms with Gasteiger partial charge in [0.15, 0.2) is 5.96 Å². The fourth-order valence-corrected chi connectivity index (χ4v) is 1.72. The second-order valence-corrected chi connectivity index (χ2v) is 4.83. The molecule has 19 heavy (non-hydrogen) atoms. The van der Waals surface area contributed by atoms with Gasteiger partial charge in [-0.25, -0.2) is 4.39 Å². The second-order valence-electron chi connectivity index (χ2n) is 4.83. The largest absolute Gasteiger partial charge is 0.356 e. The van der Waals surface area contributed by atoms with Crippen molar-refractivity contribution < 1.29 is 4.39 Å². The number of hydrogen-bond acceptors (Lipinski definition) is 1. The van der Waals surface area contributed by atoms with Crippen LogP contribution in [0.4, 0.5) is 4.39 Å². The first-order valence-corrected chi connectivity index (χ1v) is 6.38. The zero-order chi connectivity index (χ0) is 13.0. The van der Waals surface area contributed by atoms with Gasteiger partial charge >= 0.3 is 0 Å². The fourth-order valence-electron chi connectivity index (χ4n) is 1.72. The van der Waals surface area contributed by atoms with Gasteiger partial charge in [0.1, 0.15) is 5.82 Å². The molecule has 3 nitrogen and oxygen atoms in total. The van der Waals surface area contributed by atoms with Crippen LogP contribution in [0.3, 0.4) is 0 Å². The van der Waals surface area contributed by atoms with E-state index in [1.807, 2.05) is 6.07 Å². The molecule has 5 heteroatoms. The third-order valence-electron chi connectivity index (χ3n) is 3.17. The van der Waals surface area contributed by atoms with Crippen LogP contribution in [0.1, 0.15) is 24.0 Å². The number of rotatable bonds is 4. The van der Waals surface area contributed by atoms with Crippen molar-refractivity contribution in [3.05, 3.63) is 35.1 Å². The van der Waals surface area contributed by atoms with Gasteiger partial charge in [0.25, 0.3) is 0 Å². The minimum absolute atomic E-state index is 0. The predicted octanol–water partition coefficient (Wildman–Crippen LogP) is 2.83. The highest BCUT2D eigenvalue weighted by atomic mass is 127. The Hall–Kier alpha value is -0.850. The molecule has 1 aromatic carbocycles. The van der Waals surface area contributed by atoms with Crippen LogP contribution in [-0.4, -0.2) is 19.6 Å². The van der Waals surface area contributed by atoms with Gasteiger partial charge in [-0.2, -0.15) is 0 Å². The average molecular weight is 377 g/mol. The Kier molecular flexibility index (Phi) is 6.54. The normalized spacial score (nSPS) is 14.8. The molecule has 0 heterocycles. The molecule has 0 bridgehead atoms. The number of nitrogens with one attached hydrogen (secondary N) is 2. The van der Waals surface area contributed by atoms with Crippen molar-refractivity contribution in [1.82, 2.24) is 10.6 Å². The van der Waals surface area contributed by atoms with E-state index >= 15 is 0 Å². The highest BCUT2D eigenvalue weighted by Gasteiger charge is 2.20. The first-order chi connectivity index (χ1) is 8.69. The Morgan fingerprint density at radius 3 is 2.68 bits per heavy atom. The van der Waals surface area contributed by atoms with Crippen LogP contribution in [0.15, 0.2) is 23.2 Å². The molecule has 1 saturated carbocycles. The highest BCUT2D eigenvalue weighted by molar-refractivity contribution is 14.0. The summed E-state index contributed by atoms with van der Waals surface area (Å²) in [6.07, 6.45) is 2.63. The number of hydrogen-bond donors (Lipinski definition) is 2. The quantitative estimate of drug-likeness (QED) is 0.481. The van der Waals surface area contributed by atoms with Gasteiger partial charge in [0, 0.05) is 20.1 Å². The molecule has 0 radical (unpaired) electrons. The van der Waals surface area contributed by atoms with E-state index in [4.69, 9.17) is 0 Å². The van der Waals surface area contributed by atoms with E-state index in [9.17, 15) is 4.39 Å². The monoisotopic (exact) mass is 377 g/mol. The summed E-state index contributed by atoms with van der Waals surface area (Å²) in [7, 11) is 1.75. The molecule has 0 atom stereocenters. The van der Waals surface area contributed by atoms with Crippen molar-refractivity contribution in [1.29, 1.82) is 0 Å². The molecule has 1 aliphatic carbocycles. The average Bonchev–Trinajstić information content (AvgIpc) is 3.18. The minimum Gasteiger partial charge on any atom is -0.356 e. The van der Waals surface area contributed by atoms with Gasteiger partial charge in [-0.1, -0.05) is 12.1 Å². The van der Waals surface area contributed by atoms with Crippen molar-refractivity contribution in [3.8, 4) is 0 Å². The smallest absolute Gasteiger partial charge is 0.191 e. The molecule has 0 spiro atoms. The molecule has 1 aromatic rings. The molecular weight excluding hydrogens is 356 g/mol. The zero-order valence-electron chi connectivity index (χ0n) is 11.4. The summed E-state index contributed by atoms with van der Waals surface area (Å²) >= 11 is 0. The van der Waals surface area contributed by atoms with E-state index < -0.39 is 0 Å². The standard InChI is InChI=1S/C14H20FN3.HI/c1-10-3-4-12(7-13(10)15)9-18-14(16-2)17-8-11-5-6-11;/h3-4,7,11H,5-6,8-9H2,1-2H3,(H2,16,17,18);1H. The van der Waals surface area contributed by atoms with Gasteiger partial charge in [-0.15, -0.1) is 24.0 Å². The maximum Gasteiger partial charge on any atom is 0.191 e. The molecule has 0 unspecified atom stereocenters. The molecule has 0 amide bonds. The summed E-state index contributed by atoms with van der Waals surface area (Å²) in [6.45, 7) is 3.33. The number of halogens is 2. The summed E-state index contributed by atoms with van der Waals surface area (Å²) in [5, 5.41) is 6.46. The van der Waals surface area contributed by atoms with E-state index in [1.54, 1.807) is 26.1 Å². The van der Waals surface area contributed by atoms with Crippen molar-refractivity contribution in [2.75, 3.05) is 13.6 Å². The number of benzene rings is 1. The Balaban J connectivity index is 0.00000180. The lowest BCUT2D eigenvalue weighted by atomic mass is 10.1. The van der Waals surface area contributed by atoms with Crippen LogP contribution >= 0.6 is 24.0 Å². The van der Waals surface area contributed by atoms with Crippen LogP contribution in [-0.2, 0) is 6.54 Å². The Morgan fingerprint density at radius 1 is 1.37 bits per heavy atom. The summed E-state index contributed by atoms with van der Waals surface area (Å²) in [5.41, 5.74) is 1.60. The van der Waals surface area contributed by atoms with E-state index in [1.165, 1.54) is 12.8 Å². The summed E-state index contributed by atoms with van der Waals surface area (Å²) in [4.78, 5) is 4.14. The third kappa shape index (κ3) is 5.34. The Labute approximate surface area is 131 Å². The van der Waals surface area contributed by atoms with Gasteiger partial charge < -0.3 is 10.6 Å². The lowest BCUT2D eigenvalue weighted by Crippen LogP contribution is -2.37. The number of guanidine groups is 1. The molecular formula is C14H21FIN3. The second kappa shape index (κ2) is 7.67. The fraction of sp³-hybridized carbons (Fsp3) is 0.500. The summed E-state index contributed by atoms with van der Waals surface area (Å²) < 4.78 is 13.4. The van der Waals surface area contributed by atoms with E-state index in [0.29, 0.717) is 12.1 Å². The maximum absolute atomic E-state index is 13.4. The molecule has 0 saturated heterocycles. The summed E-state index contributed by atoms with van der Waals surface area (Å²) in [6, 6.07) is 5.29. The Bertz CT molecular complexity index is 444. The first kappa shape index (κ1) is 16.2. The van der Waals surface area contributed by atoms with Gasteiger partial charge in [-0.3, -0.25) is 4.99 Å².